The minimum atomic E-state index is 0.767. The highest BCUT2D eigenvalue weighted by Crippen LogP contribution is 2.21. The van der Waals surface area contributed by atoms with Crippen LogP contribution in [0.1, 0.15) is 18.4 Å². The molecule has 1 aromatic rings. The minimum absolute atomic E-state index is 0.767. The van der Waals surface area contributed by atoms with Gasteiger partial charge in [0.1, 0.15) is 0 Å². The van der Waals surface area contributed by atoms with Gasteiger partial charge < -0.3 is 5.32 Å². The van der Waals surface area contributed by atoms with Gasteiger partial charge in [-0.1, -0.05) is 29.8 Å². The zero-order chi connectivity index (χ0) is 9.80. The first-order valence-corrected chi connectivity index (χ1v) is 5.68. The molecule has 2 rings (SSSR count). The van der Waals surface area contributed by atoms with Crippen molar-refractivity contribution in [2.45, 2.75) is 19.3 Å². The lowest BCUT2D eigenvalue weighted by atomic mass is 9.92. The number of benzene rings is 1. The summed E-state index contributed by atoms with van der Waals surface area (Å²) in [4.78, 5) is 0. The number of nitrogens with one attached hydrogen (secondary N) is 1. The van der Waals surface area contributed by atoms with E-state index in [0.29, 0.717) is 0 Å². The average Bonchev–Trinajstić information content (AvgIpc) is 2.23. The SMILES string of the molecule is Clc1ccccc1C[C@@H]1CCCNC1. The second-order valence-corrected chi connectivity index (χ2v) is 4.42. The van der Waals surface area contributed by atoms with E-state index < -0.39 is 0 Å². The van der Waals surface area contributed by atoms with Crippen LogP contribution in [0.25, 0.3) is 0 Å². The van der Waals surface area contributed by atoms with Gasteiger partial charge in [0.05, 0.1) is 0 Å². The molecule has 1 heterocycles. The van der Waals surface area contributed by atoms with Gasteiger partial charge in [-0.3, -0.25) is 0 Å². The molecule has 1 N–H and O–H groups in total. The van der Waals surface area contributed by atoms with Crippen LogP contribution in [-0.4, -0.2) is 13.1 Å². The van der Waals surface area contributed by atoms with Gasteiger partial charge in [0.2, 0.25) is 0 Å². The molecule has 0 unspecified atom stereocenters. The second-order valence-electron chi connectivity index (χ2n) is 4.01. The summed E-state index contributed by atoms with van der Waals surface area (Å²) in [6, 6.07) is 8.17. The Morgan fingerprint density at radius 1 is 1.36 bits per heavy atom. The third kappa shape index (κ3) is 2.49. The van der Waals surface area contributed by atoms with Crippen molar-refractivity contribution in [1.29, 1.82) is 0 Å². The van der Waals surface area contributed by atoms with Crippen LogP contribution < -0.4 is 5.32 Å². The first-order chi connectivity index (χ1) is 6.86. The van der Waals surface area contributed by atoms with Crippen molar-refractivity contribution in [2.75, 3.05) is 13.1 Å². The highest BCUT2D eigenvalue weighted by atomic mass is 35.5. The van der Waals surface area contributed by atoms with Crippen LogP contribution >= 0.6 is 11.6 Å². The molecule has 1 aliphatic heterocycles. The Balaban J connectivity index is 1.99. The maximum Gasteiger partial charge on any atom is 0.0438 e. The van der Waals surface area contributed by atoms with Gasteiger partial charge in [0, 0.05) is 5.02 Å². The molecule has 0 aliphatic carbocycles. The van der Waals surface area contributed by atoms with Gasteiger partial charge in [-0.15, -0.1) is 0 Å². The molecule has 1 atom stereocenters. The molecule has 2 heteroatoms. The molecule has 0 radical (unpaired) electrons. The van der Waals surface area contributed by atoms with E-state index >= 15 is 0 Å². The topological polar surface area (TPSA) is 12.0 Å². The average molecular weight is 210 g/mol. The molecule has 1 aromatic carbocycles. The van der Waals surface area contributed by atoms with Crippen LogP contribution in [0.3, 0.4) is 0 Å². The zero-order valence-corrected chi connectivity index (χ0v) is 9.06. The van der Waals surface area contributed by atoms with Gasteiger partial charge in [-0.2, -0.15) is 0 Å². The summed E-state index contributed by atoms with van der Waals surface area (Å²) in [6.07, 6.45) is 3.75. The molecule has 0 amide bonds. The highest BCUT2D eigenvalue weighted by Gasteiger charge is 2.14. The smallest absolute Gasteiger partial charge is 0.0438 e. The van der Waals surface area contributed by atoms with Crippen molar-refractivity contribution in [2.24, 2.45) is 5.92 Å². The minimum Gasteiger partial charge on any atom is -0.316 e. The standard InChI is InChI=1S/C12H16ClN/c13-12-6-2-1-5-11(12)8-10-4-3-7-14-9-10/h1-2,5-6,10,14H,3-4,7-9H2/t10-/m0/s1. The Labute approximate surface area is 90.5 Å². The summed E-state index contributed by atoms with van der Waals surface area (Å²) in [7, 11) is 0. The van der Waals surface area contributed by atoms with Gasteiger partial charge in [0.25, 0.3) is 0 Å². The van der Waals surface area contributed by atoms with Crippen LogP contribution in [0.4, 0.5) is 0 Å². The van der Waals surface area contributed by atoms with Gasteiger partial charge in [-0.25, -0.2) is 0 Å². The Hall–Kier alpha value is -0.530. The van der Waals surface area contributed by atoms with Crippen LogP contribution in [0.15, 0.2) is 24.3 Å². The van der Waals surface area contributed by atoms with Gasteiger partial charge >= 0.3 is 0 Å². The normalized spacial score (nSPS) is 22.2. The number of piperidine rings is 1. The lowest BCUT2D eigenvalue weighted by Crippen LogP contribution is -2.30. The molecule has 0 saturated carbocycles. The monoisotopic (exact) mass is 209 g/mol. The highest BCUT2D eigenvalue weighted by molar-refractivity contribution is 6.31. The molecule has 76 valence electrons. The molecule has 0 bridgehead atoms. The van der Waals surface area contributed by atoms with E-state index in [1.807, 2.05) is 12.1 Å². The van der Waals surface area contributed by atoms with Crippen molar-refractivity contribution in [3.63, 3.8) is 0 Å². The molecular formula is C12H16ClN. The van der Waals surface area contributed by atoms with E-state index in [9.17, 15) is 0 Å². The van der Waals surface area contributed by atoms with Crippen LogP contribution in [0, 0.1) is 5.92 Å². The zero-order valence-electron chi connectivity index (χ0n) is 8.30. The molecule has 1 saturated heterocycles. The summed E-state index contributed by atoms with van der Waals surface area (Å²) in [5.74, 6) is 0.767. The third-order valence-corrected chi connectivity index (χ3v) is 3.23. The predicted octanol–water partition coefficient (Wildman–Crippen LogP) is 2.88. The van der Waals surface area contributed by atoms with Crippen molar-refractivity contribution >= 4 is 11.6 Å². The second kappa shape index (κ2) is 4.81. The maximum atomic E-state index is 6.12. The molecular weight excluding hydrogens is 194 g/mol. The summed E-state index contributed by atoms with van der Waals surface area (Å²) in [5, 5.41) is 4.35. The lowest BCUT2D eigenvalue weighted by molar-refractivity contribution is 0.376. The van der Waals surface area contributed by atoms with Crippen molar-refractivity contribution in [3.05, 3.63) is 34.9 Å². The fourth-order valence-electron chi connectivity index (χ4n) is 2.07. The molecule has 1 fully saturated rings. The number of hydrogen-bond donors (Lipinski definition) is 1. The molecule has 1 nitrogen and oxygen atoms in total. The quantitative estimate of drug-likeness (QED) is 0.790. The molecule has 1 aliphatic rings. The molecule has 0 aromatic heterocycles. The van der Waals surface area contributed by atoms with Crippen LogP contribution in [-0.2, 0) is 6.42 Å². The number of halogens is 1. The fraction of sp³-hybridized carbons (Fsp3) is 0.500. The Kier molecular flexibility index (Phi) is 3.44. The summed E-state index contributed by atoms with van der Waals surface area (Å²) in [5.41, 5.74) is 1.29. The van der Waals surface area contributed by atoms with Crippen molar-refractivity contribution in [3.8, 4) is 0 Å². The lowest BCUT2D eigenvalue weighted by Gasteiger charge is -2.22. The summed E-state index contributed by atoms with van der Waals surface area (Å²) >= 11 is 6.12. The Morgan fingerprint density at radius 3 is 2.93 bits per heavy atom. The maximum absolute atomic E-state index is 6.12. The van der Waals surface area contributed by atoms with Crippen LogP contribution in [0.2, 0.25) is 5.02 Å². The number of rotatable bonds is 2. The van der Waals surface area contributed by atoms with E-state index in [1.54, 1.807) is 0 Å². The first kappa shape index (κ1) is 10.0. The molecule has 0 spiro atoms. The fourth-order valence-corrected chi connectivity index (χ4v) is 2.29. The largest absolute Gasteiger partial charge is 0.316 e. The van der Waals surface area contributed by atoms with E-state index in [4.69, 9.17) is 11.6 Å². The third-order valence-electron chi connectivity index (χ3n) is 2.87. The Bertz CT molecular complexity index is 292. The van der Waals surface area contributed by atoms with Crippen molar-refractivity contribution < 1.29 is 0 Å². The van der Waals surface area contributed by atoms with E-state index in [2.05, 4.69) is 17.4 Å². The Morgan fingerprint density at radius 2 is 2.21 bits per heavy atom. The summed E-state index contributed by atoms with van der Waals surface area (Å²) in [6.45, 7) is 2.32. The van der Waals surface area contributed by atoms with E-state index in [1.165, 1.54) is 24.9 Å². The molecule has 14 heavy (non-hydrogen) atoms. The van der Waals surface area contributed by atoms with Crippen LogP contribution in [0.5, 0.6) is 0 Å². The number of hydrogen-bond acceptors (Lipinski definition) is 1. The van der Waals surface area contributed by atoms with Crippen molar-refractivity contribution in [1.82, 2.24) is 5.32 Å². The predicted molar refractivity (Wildman–Crippen MR) is 60.7 cm³/mol. The van der Waals surface area contributed by atoms with Gasteiger partial charge in [-0.05, 0) is 49.9 Å². The van der Waals surface area contributed by atoms with Gasteiger partial charge in [0.15, 0.2) is 0 Å². The van der Waals surface area contributed by atoms with E-state index in [-0.39, 0.29) is 0 Å². The van der Waals surface area contributed by atoms with E-state index in [0.717, 1.165) is 23.9 Å². The summed E-state index contributed by atoms with van der Waals surface area (Å²) < 4.78 is 0. The first-order valence-electron chi connectivity index (χ1n) is 5.30.